The van der Waals surface area contributed by atoms with Crippen LogP contribution in [0.4, 0.5) is 0 Å². The van der Waals surface area contributed by atoms with Crippen molar-refractivity contribution in [2.24, 2.45) is 5.92 Å². The summed E-state index contributed by atoms with van der Waals surface area (Å²) in [6.07, 6.45) is 0.130. The molecule has 4 nitrogen and oxygen atoms in total. The summed E-state index contributed by atoms with van der Waals surface area (Å²) in [5, 5.41) is 16.3. The van der Waals surface area contributed by atoms with Crippen molar-refractivity contribution in [2.45, 2.75) is 13.3 Å². The van der Waals surface area contributed by atoms with Gasteiger partial charge in [0, 0.05) is 0 Å². The SMILES string of the molecule is CCC(C(=O)O)C(=O)O.[H-].[Li+]. The van der Waals surface area contributed by atoms with Gasteiger partial charge in [-0.05, 0) is 6.42 Å². The van der Waals surface area contributed by atoms with Gasteiger partial charge in [0.15, 0.2) is 5.92 Å². The van der Waals surface area contributed by atoms with Crippen molar-refractivity contribution in [2.75, 3.05) is 0 Å². The fourth-order valence-electron chi connectivity index (χ4n) is 0.455. The van der Waals surface area contributed by atoms with Crippen molar-refractivity contribution >= 4 is 11.9 Å². The molecule has 0 fully saturated rings. The molecule has 10 heavy (non-hydrogen) atoms. The second-order valence-corrected chi connectivity index (χ2v) is 1.64. The second kappa shape index (κ2) is 5.33. The van der Waals surface area contributed by atoms with E-state index < -0.39 is 17.9 Å². The Labute approximate surface area is 71.9 Å². The maximum Gasteiger partial charge on any atom is 1.00 e. The molecule has 0 heterocycles. The monoisotopic (exact) mass is 140 g/mol. The summed E-state index contributed by atoms with van der Waals surface area (Å²) < 4.78 is 0. The largest absolute Gasteiger partial charge is 1.00 e. The molecule has 54 valence electrons. The summed E-state index contributed by atoms with van der Waals surface area (Å²) in [6, 6.07) is 0. The van der Waals surface area contributed by atoms with Gasteiger partial charge in [-0.3, -0.25) is 9.59 Å². The molecule has 0 aromatic rings. The van der Waals surface area contributed by atoms with Gasteiger partial charge in [-0.25, -0.2) is 0 Å². The van der Waals surface area contributed by atoms with Crippen LogP contribution in [0, 0.1) is 5.92 Å². The summed E-state index contributed by atoms with van der Waals surface area (Å²) in [5.74, 6) is -3.79. The zero-order valence-electron chi connectivity index (χ0n) is 7.00. The van der Waals surface area contributed by atoms with Crippen LogP contribution in [0.2, 0.25) is 0 Å². The van der Waals surface area contributed by atoms with Crippen molar-refractivity contribution in [3.05, 3.63) is 0 Å². The van der Waals surface area contributed by atoms with Gasteiger partial charge in [0.2, 0.25) is 0 Å². The van der Waals surface area contributed by atoms with Crippen LogP contribution < -0.4 is 18.9 Å². The Kier molecular flexibility index (Phi) is 6.52. The van der Waals surface area contributed by atoms with Gasteiger partial charge in [0.05, 0.1) is 0 Å². The topological polar surface area (TPSA) is 74.6 Å². The molecule has 0 rings (SSSR count). The van der Waals surface area contributed by atoms with E-state index in [0.717, 1.165) is 0 Å². The van der Waals surface area contributed by atoms with E-state index in [-0.39, 0.29) is 26.7 Å². The molecular formula is C5H9LiO4. The molecule has 0 amide bonds. The average Bonchev–Trinajstić information content (AvgIpc) is 1.64. The van der Waals surface area contributed by atoms with Gasteiger partial charge in [-0.1, -0.05) is 6.92 Å². The van der Waals surface area contributed by atoms with Gasteiger partial charge >= 0.3 is 30.8 Å². The minimum atomic E-state index is -1.27. The Bertz CT molecular complexity index is 124. The van der Waals surface area contributed by atoms with Crippen molar-refractivity contribution in [1.82, 2.24) is 0 Å². The maximum atomic E-state index is 9.99. The summed E-state index contributed by atoms with van der Waals surface area (Å²) in [7, 11) is 0. The van der Waals surface area contributed by atoms with Gasteiger partial charge < -0.3 is 11.6 Å². The van der Waals surface area contributed by atoms with Gasteiger partial charge in [-0.15, -0.1) is 0 Å². The molecular weight excluding hydrogens is 131 g/mol. The molecule has 0 aliphatic rings. The Hall–Kier alpha value is -0.463. The van der Waals surface area contributed by atoms with E-state index in [1.54, 1.807) is 0 Å². The van der Waals surface area contributed by atoms with Crippen LogP contribution in [0.3, 0.4) is 0 Å². The molecule has 0 saturated heterocycles. The van der Waals surface area contributed by atoms with Crippen LogP contribution >= 0.6 is 0 Å². The predicted molar refractivity (Wildman–Crippen MR) is 30.2 cm³/mol. The molecule has 5 heteroatoms. The number of carbonyl (C=O) groups is 2. The summed E-state index contributed by atoms with van der Waals surface area (Å²) in [4.78, 5) is 20.0. The third-order valence-electron chi connectivity index (χ3n) is 1.00. The Morgan fingerprint density at radius 3 is 1.70 bits per heavy atom. The van der Waals surface area contributed by atoms with Crippen LogP contribution in [0.1, 0.15) is 14.8 Å². The van der Waals surface area contributed by atoms with Crippen molar-refractivity contribution in [3.63, 3.8) is 0 Å². The zero-order chi connectivity index (χ0) is 7.44. The van der Waals surface area contributed by atoms with Crippen LogP contribution in [0.25, 0.3) is 0 Å². The van der Waals surface area contributed by atoms with E-state index in [0.29, 0.717) is 0 Å². The molecule has 0 saturated carbocycles. The van der Waals surface area contributed by atoms with E-state index >= 15 is 0 Å². The standard InChI is InChI=1S/C5H8O4.Li.H/c1-2-3(4(6)7)5(8)9;;/h3H,2H2,1H3,(H,6,7)(H,8,9);;/q;+1;-1. The van der Waals surface area contributed by atoms with Crippen molar-refractivity contribution in [3.8, 4) is 0 Å². The van der Waals surface area contributed by atoms with Crippen LogP contribution in [-0.4, -0.2) is 22.2 Å². The Morgan fingerprint density at radius 2 is 1.70 bits per heavy atom. The van der Waals surface area contributed by atoms with Gasteiger partial charge in [0.25, 0.3) is 0 Å². The van der Waals surface area contributed by atoms with Crippen molar-refractivity contribution < 1.29 is 40.1 Å². The fraction of sp³-hybridized carbons (Fsp3) is 0.600. The first-order chi connectivity index (χ1) is 4.09. The third-order valence-corrected chi connectivity index (χ3v) is 1.00. The molecule has 0 atom stereocenters. The maximum absolute atomic E-state index is 9.99. The van der Waals surface area contributed by atoms with Crippen LogP contribution in [-0.2, 0) is 9.59 Å². The van der Waals surface area contributed by atoms with Crippen LogP contribution in [0.15, 0.2) is 0 Å². The first kappa shape index (κ1) is 12.2. The molecule has 2 N–H and O–H groups in total. The number of hydrogen-bond donors (Lipinski definition) is 2. The number of rotatable bonds is 3. The molecule has 0 spiro atoms. The predicted octanol–water partition coefficient (Wildman–Crippen LogP) is -2.70. The van der Waals surface area contributed by atoms with Crippen LogP contribution in [0.5, 0.6) is 0 Å². The first-order valence-corrected chi connectivity index (χ1v) is 2.55. The average molecular weight is 140 g/mol. The molecule has 0 radical (unpaired) electrons. The van der Waals surface area contributed by atoms with Crippen molar-refractivity contribution in [1.29, 1.82) is 0 Å². The number of carboxylic acids is 2. The van der Waals surface area contributed by atoms with Gasteiger partial charge in [0.1, 0.15) is 0 Å². The molecule has 0 unspecified atom stereocenters. The second-order valence-electron chi connectivity index (χ2n) is 1.64. The zero-order valence-corrected chi connectivity index (χ0v) is 6.00. The molecule has 0 aromatic heterocycles. The molecule has 0 aliphatic carbocycles. The van der Waals surface area contributed by atoms with E-state index in [9.17, 15) is 9.59 Å². The number of hydrogen-bond acceptors (Lipinski definition) is 2. The summed E-state index contributed by atoms with van der Waals surface area (Å²) in [5.41, 5.74) is 0. The van der Waals surface area contributed by atoms with Gasteiger partial charge in [-0.2, -0.15) is 0 Å². The van der Waals surface area contributed by atoms with E-state index in [1.165, 1.54) is 6.92 Å². The number of aliphatic carboxylic acids is 2. The normalized spacial score (nSPS) is 8.60. The smallest absolute Gasteiger partial charge is 1.00 e. The first-order valence-electron chi connectivity index (χ1n) is 2.55. The Morgan fingerprint density at radius 1 is 1.40 bits per heavy atom. The quantitative estimate of drug-likeness (QED) is 0.330. The third kappa shape index (κ3) is 3.54. The Balaban J connectivity index is -0.000000320. The summed E-state index contributed by atoms with van der Waals surface area (Å²) in [6.45, 7) is 1.52. The molecule has 0 bridgehead atoms. The fourth-order valence-corrected chi connectivity index (χ4v) is 0.455. The summed E-state index contributed by atoms with van der Waals surface area (Å²) >= 11 is 0. The number of carboxylic acid groups (broad SMARTS) is 2. The molecule has 0 aliphatic heterocycles. The van der Waals surface area contributed by atoms with E-state index in [4.69, 9.17) is 10.2 Å². The minimum Gasteiger partial charge on any atom is -1.00 e. The minimum absolute atomic E-state index is 0. The van der Waals surface area contributed by atoms with E-state index in [1.807, 2.05) is 0 Å². The van der Waals surface area contributed by atoms with E-state index in [2.05, 4.69) is 0 Å². The molecule has 0 aromatic carbocycles.